The topological polar surface area (TPSA) is 23.9 Å². The first-order valence-electron chi connectivity index (χ1n) is 2.82. The van der Waals surface area contributed by atoms with Crippen LogP contribution in [0.5, 0.6) is 0 Å². The summed E-state index contributed by atoms with van der Waals surface area (Å²) in [4.78, 5) is 0. The van der Waals surface area contributed by atoms with Gasteiger partial charge in [0.2, 0.25) is 7.28 Å². The highest BCUT2D eigenvalue weighted by Gasteiger charge is 1.86. The molecular weight excluding hydrogens is 109 g/mol. The predicted molar refractivity (Wildman–Crippen MR) is 40.6 cm³/mol. The summed E-state index contributed by atoms with van der Waals surface area (Å²) >= 11 is 0. The van der Waals surface area contributed by atoms with Gasteiger partial charge in [0.15, 0.2) is 0 Å². The zero-order chi connectivity index (χ0) is 6.53. The average Bonchev–Trinajstić information content (AvgIpc) is 1.91. The van der Waals surface area contributed by atoms with Crippen molar-refractivity contribution in [3.05, 3.63) is 30.3 Å². The van der Waals surface area contributed by atoms with Crippen LogP contribution in [0.2, 0.25) is 0 Å². The molecule has 1 rings (SSSR count). The van der Waals surface area contributed by atoms with E-state index in [0.717, 1.165) is 5.46 Å². The second-order valence-corrected chi connectivity index (χ2v) is 1.74. The van der Waals surface area contributed by atoms with Gasteiger partial charge in [0, 0.05) is 0 Å². The van der Waals surface area contributed by atoms with Gasteiger partial charge in [-0.05, 0) is 6.11 Å². The Kier molecular flexibility index (Phi) is 2.08. The van der Waals surface area contributed by atoms with Crippen molar-refractivity contribution in [1.29, 1.82) is 5.41 Å². The van der Waals surface area contributed by atoms with Crippen LogP contribution in [0.4, 0.5) is 0 Å². The first-order chi connectivity index (χ1) is 4.43. The third kappa shape index (κ3) is 1.72. The van der Waals surface area contributed by atoms with Crippen LogP contribution >= 0.6 is 0 Å². The van der Waals surface area contributed by atoms with Crippen molar-refractivity contribution >= 4 is 18.9 Å². The van der Waals surface area contributed by atoms with Gasteiger partial charge in [-0.1, -0.05) is 35.8 Å². The van der Waals surface area contributed by atoms with Gasteiger partial charge in [-0.2, -0.15) is 0 Å². The number of rotatable bonds is 2. The van der Waals surface area contributed by atoms with Gasteiger partial charge in [-0.25, -0.2) is 0 Å². The smallest absolute Gasteiger partial charge is 0.205 e. The number of hydrogen-bond donors (Lipinski definition) is 1. The molecule has 2 heteroatoms. The van der Waals surface area contributed by atoms with E-state index in [4.69, 9.17) is 5.41 Å². The molecule has 0 aliphatic carbocycles. The van der Waals surface area contributed by atoms with Crippen LogP contribution in [0.1, 0.15) is 0 Å². The van der Waals surface area contributed by atoms with E-state index in [1.54, 1.807) is 7.28 Å². The predicted octanol–water partition coefficient (Wildman–Crippen LogP) is 0.623. The zero-order valence-corrected chi connectivity index (χ0v) is 5.04. The molecular formula is C7H7BN. The lowest BCUT2D eigenvalue weighted by molar-refractivity contribution is 1.60. The Morgan fingerprint density at radius 1 is 1.22 bits per heavy atom. The van der Waals surface area contributed by atoms with Crippen LogP contribution in [-0.2, 0) is 0 Å². The molecule has 1 aromatic rings. The summed E-state index contributed by atoms with van der Waals surface area (Å²) in [6, 6.07) is 9.79. The molecule has 0 amide bonds. The fraction of sp³-hybridized carbons (Fsp3) is 0. The molecule has 0 aromatic heterocycles. The van der Waals surface area contributed by atoms with Crippen LogP contribution in [0.3, 0.4) is 0 Å². The van der Waals surface area contributed by atoms with Crippen molar-refractivity contribution in [1.82, 2.24) is 0 Å². The Bertz CT molecular complexity index is 183. The molecule has 0 bridgehead atoms. The maximum Gasteiger partial charge on any atom is 0.205 e. The Morgan fingerprint density at radius 3 is 2.44 bits per heavy atom. The molecule has 0 saturated carbocycles. The summed E-state index contributed by atoms with van der Waals surface area (Å²) < 4.78 is 0. The second kappa shape index (κ2) is 3.08. The first kappa shape index (κ1) is 6.08. The quantitative estimate of drug-likeness (QED) is 0.432. The van der Waals surface area contributed by atoms with Crippen LogP contribution in [0, 0.1) is 5.41 Å². The van der Waals surface area contributed by atoms with Gasteiger partial charge in [-0.15, -0.1) is 0 Å². The standard InChI is InChI=1S/C7H7BN/c9-6-8-7-4-2-1-3-5-7/h1-6,9H. The van der Waals surface area contributed by atoms with E-state index in [1.165, 1.54) is 6.11 Å². The van der Waals surface area contributed by atoms with Crippen LogP contribution in [-0.4, -0.2) is 13.4 Å². The Morgan fingerprint density at radius 2 is 1.89 bits per heavy atom. The van der Waals surface area contributed by atoms with E-state index in [1.807, 2.05) is 30.3 Å². The molecule has 1 radical (unpaired) electrons. The summed E-state index contributed by atoms with van der Waals surface area (Å²) in [5, 5.41) is 6.76. The van der Waals surface area contributed by atoms with E-state index in [0.29, 0.717) is 0 Å². The largest absolute Gasteiger partial charge is 0.323 e. The van der Waals surface area contributed by atoms with E-state index < -0.39 is 0 Å². The monoisotopic (exact) mass is 116 g/mol. The molecule has 0 aliphatic heterocycles. The maximum absolute atomic E-state index is 6.76. The van der Waals surface area contributed by atoms with E-state index >= 15 is 0 Å². The highest BCUT2D eigenvalue weighted by Crippen LogP contribution is 1.78. The van der Waals surface area contributed by atoms with Crippen molar-refractivity contribution in [2.24, 2.45) is 0 Å². The Labute approximate surface area is 55.5 Å². The highest BCUT2D eigenvalue weighted by molar-refractivity contribution is 6.78. The summed E-state index contributed by atoms with van der Waals surface area (Å²) in [6.07, 6.45) is 1.29. The summed E-state index contributed by atoms with van der Waals surface area (Å²) in [6.45, 7) is 0. The molecule has 0 fully saturated rings. The van der Waals surface area contributed by atoms with Gasteiger partial charge < -0.3 is 5.41 Å². The number of nitrogens with one attached hydrogen (secondary N) is 1. The van der Waals surface area contributed by atoms with Crippen molar-refractivity contribution in [3.8, 4) is 0 Å². The SMILES string of the molecule is N=C[B]c1ccccc1. The second-order valence-electron chi connectivity index (χ2n) is 1.74. The van der Waals surface area contributed by atoms with Gasteiger partial charge in [0.1, 0.15) is 0 Å². The highest BCUT2D eigenvalue weighted by atomic mass is 14.3. The molecule has 0 spiro atoms. The molecule has 1 N–H and O–H groups in total. The summed E-state index contributed by atoms with van der Waals surface area (Å²) in [7, 11) is 1.75. The van der Waals surface area contributed by atoms with Crippen molar-refractivity contribution in [3.63, 3.8) is 0 Å². The minimum atomic E-state index is 1.08. The zero-order valence-electron chi connectivity index (χ0n) is 5.04. The molecule has 0 atom stereocenters. The minimum absolute atomic E-state index is 1.08. The fourth-order valence-electron chi connectivity index (χ4n) is 0.660. The van der Waals surface area contributed by atoms with E-state index in [9.17, 15) is 0 Å². The lowest BCUT2D eigenvalue weighted by atomic mass is 9.72. The Balaban J connectivity index is 2.72. The molecule has 9 heavy (non-hydrogen) atoms. The molecule has 1 aromatic carbocycles. The Hall–Kier alpha value is -1.05. The summed E-state index contributed by atoms with van der Waals surface area (Å²) in [5.74, 6) is 0. The van der Waals surface area contributed by atoms with Crippen LogP contribution in [0.15, 0.2) is 30.3 Å². The third-order valence-corrected chi connectivity index (χ3v) is 1.08. The number of hydrogen-bond acceptors (Lipinski definition) is 1. The lowest BCUT2D eigenvalue weighted by Crippen LogP contribution is -2.13. The first-order valence-corrected chi connectivity index (χ1v) is 2.82. The fourth-order valence-corrected chi connectivity index (χ4v) is 0.660. The van der Waals surface area contributed by atoms with Crippen molar-refractivity contribution in [2.45, 2.75) is 0 Å². The molecule has 0 unspecified atom stereocenters. The molecule has 0 saturated heterocycles. The third-order valence-electron chi connectivity index (χ3n) is 1.08. The van der Waals surface area contributed by atoms with Gasteiger partial charge in [0.25, 0.3) is 0 Å². The van der Waals surface area contributed by atoms with Crippen LogP contribution < -0.4 is 5.46 Å². The molecule has 0 aliphatic rings. The number of benzene rings is 1. The van der Waals surface area contributed by atoms with Crippen LogP contribution in [0.25, 0.3) is 0 Å². The summed E-state index contributed by atoms with van der Waals surface area (Å²) in [5.41, 5.74) is 1.08. The van der Waals surface area contributed by atoms with E-state index in [2.05, 4.69) is 0 Å². The molecule has 0 heterocycles. The van der Waals surface area contributed by atoms with Crippen molar-refractivity contribution < 1.29 is 0 Å². The molecule has 43 valence electrons. The minimum Gasteiger partial charge on any atom is -0.323 e. The maximum atomic E-state index is 6.76. The van der Waals surface area contributed by atoms with Crippen molar-refractivity contribution in [2.75, 3.05) is 0 Å². The van der Waals surface area contributed by atoms with Gasteiger partial charge in [-0.3, -0.25) is 0 Å². The van der Waals surface area contributed by atoms with Gasteiger partial charge >= 0.3 is 0 Å². The lowest BCUT2D eigenvalue weighted by Gasteiger charge is -1.88. The molecule has 1 nitrogen and oxygen atoms in total. The normalized spacial score (nSPS) is 8.44. The average molecular weight is 116 g/mol. The van der Waals surface area contributed by atoms with E-state index in [-0.39, 0.29) is 0 Å². The van der Waals surface area contributed by atoms with Gasteiger partial charge in [0.05, 0.1) is 0 Å².